The molecule has 2 atom stereocenters. The molecule has 0 aromatic carbocycles. The maximum Gasteiger partial charge on any atom is 0.326 e. The van der Waals surface area contributed by atoms with Crippen LogP contribution in [0.5, 0.6) is 0 Å². The Morgan fingerprint density at radius 1 is 1.75 bits per heavy atom. The Morgan fingerprint density at radius 2 is 2.50 bits per heavy atom. The van der Waals surface area contributed by atoms with E-state index >= 15 is 0 Å². The van der Waals surface area contributed by atoms with Gasteiger partial charge in [-0.05, 0) is 19.4 Å². The third-order valence-electron chi connectivity index (χ3n) is 3.39. The molecule has 0 aromatic rings. The smallest absolute Gasteiger partial charge is 0.326 e. The molecule has 0 radical (unpaired) electrons. The minimum atomic E-state index is -0.539. The van der Waals surface area contributed by atoms with Gasteiger partial charge in [0.2, 0.25) is 0 Å². The van der Waals surface area contributed by atoms with Crippen LogP contribution in [0.1, 0.15) is 19.8 Å². The number of hydrogen-bond donors (Lipinski definition) is 2. The molecule has 1 aliphatic heterocycles. The van der Waals surface area contributed by atoms with E-state index in [-0.39, 0.29) is 11.9 Å². The standard InChI is InChI=1S/C12H22N2O2/c1-4-7-14-12(11(15)16-3)6-8-13-9-10(12)5-2/h4,10,13-14H,1,5-9H2,2-3H3. The average Bonchev–Trinajstić information content (AvgIpc) is 2.35. The van der Waals surface area contributed by atoms with E-state index in [0.29, 0.717) is 6.54 Å². The number of carbonyl (C=O) groups is 1. The summed E-state index contributed by atoms with van der Waals surface area (Å²) in [5.41, 5.74) is -0.539. The van der Waals surface area contributed by atoms with Gasteiger partial charge in [0.05, 0.1) is 7.11 Å². The van der Waals surface area contributed by atoms with Gasteiger partial charge in [0, 0.05) is 19.0 Å². The predicted octanol–water partition coefficient (Wildman–Crippen LogP) is 0.693. The van der Waals surface area contributed by atoms with Crippen molar-refractivity contribution in [3.05, 3.63) is 12.7 Å². The summed E-state index contributed by atoms with van der Waals surface area (Å²) < 4.78 is 4.96. The monoisotopic (exact) mass is 226 g/mol. The zero-order chi connectivity index (χ0) is 12.0. The molecule has 4 nitrogen and oxygen atoms in total. The van der Waals surface area contributed by atoms with E-state index < -0.39 is 5.54 Å². The average molecular weight is 226 g/mol. The Labute approximate surface area is 97.4 Å². The number of nitrogens with one attached hydrogen (secondary N) is 2. The molecule has 1 fully saturated rings. The van der Waals surface area contributed by atoms with Crippen LogP contribution in [0.2, 0.25) is 0 Å². The fraction of sp³-hybridized carbons (Fsp3) is 0.750. The van der Waals surface area contributed by atoms with Crippen molar-refractivity contribution < 1.29 is 9.53 Å². The number of esters is 1. The lowest BCUT2D eigenvalue weighted by molar-refractivity contribution is -0.152. The highest BCUT2D eigenvalue weighted by Gasteiger charge is 2.46. The maximum atomic E-state index is 12.0. The third kappa shape index (κ3) is 2.44. The van der Waals surface area contributed by atoms with Crippen LogP contribution in [0.25, 0.3) is 0 Å². The lowest BCUT2D eigenvalue weighted by atomic mass is 9.76. The van der Waals surface area contributed by atoms with Gasteiger partial charge in [0.1, 0.15) is 5.54 Å². The van der Waals surface area contributed by atoms with Gasteiger partial charge in [-0.1, -0.05) is 13.0 Å². The maximum absolute atomic E-state index is 12.0. The number of hydrogen-bond acceptors (Lipinski definition) is 4. The second kappa shape index (κ2) is 6.01. The Morgan fingerprint density at radius 3 is 3.06 bits per heavy atom. The Hall–Kier alpha value is -0.870. The van der Waals surface area contributed by atoms with Crippen LogP contribution in [0.4, 0.5) is 0 Å². The molecule has 0 aromatic heterocycles. The Kier molecular flexibility index (Phi) is 4.96. The first-order valence-electron chi connectivity index (χ1n) is 5.86. The SMILES string of the molecule is C=CCNC1(C(=O)OC)CCNCC1CC. The summed E-state index contributed by atoms with van der Waals surface area (Å²) in [6.07, 6.45) is 3.50. The van der Waals surface area contributed by atoms with E-state index in [2.05, 4.69) is 24.1 Å². The summed E-state index contributed by atoms with van der Waals surface area (Å²) in [7, 11) is 1.45. The van der Waals surface area contributed by atoms with Gasteiger partial charge >= 0.3 is 5.97 Å². The molecule has 2 N–H and O–H groups in total. The first kappa shape index (κ1) is 13.2. The van der Waals surface area contributed by atoms with Crippen LogP contribution in [-0.2, 0) is 9.53 Å². The van der Waals surface area contributed by atoms with Gasteiger partial charge in [0.15, 0.2) is 0 Å². The number of carbonyl (C=O) groups excluding carboxylic acids is 1. The molecule has 0 saturated carbocycles. The van der Waals surface area contributed by atoms with Crippen molar-refractivity contribution in [2.24, 2.45) is 5.92 Å². The van der Waals surface area contributed by atoms with Crippen LogP contribution in [0, 0.1) is 5.92 Å². The second-order valence-corrected chi connectivity index (χ2v) is 4.19. The fourth-order valence-corrected chi connectivity index (χ4v) is 2.44. The molecule has 92 valence electrons. The number of ether oxygens (including phenoxy) is 1. The zero-order valence-corrected chi connectivity index (χ0v) is 10.2. The van der Waals surface area contributed by atoms with E-state index in [1.165, 1.54) is 7.11 Å². The van der Waals surface area contributed by atoms with Crippen LogP contribution in [0.15, 0.2) is 12.7 Å². The summed E-state index contributed by atoms with van der Waals surface area (Å²) in [4.78, 5) is 12.0. The molecule has 1 rings (SSSR count). The fourth-order valence-electron chi connectivity index (χ4n) is 2.44. The highest BCUT2D eigenvalue weighted by molar-refractivity contribution is 5.81. The van der Waals surface area contributed by atoms with Crippen molar-refractivity contribution in [1.82, 2.24) is 10.6 Å². The van der Waals surface area contributed by atoms with Crippen LogP contribution in [-0.4, -0.2) is 38.3 Å². The molecule has 1 heterocycles. The zero-order valence-electron chi connectivity index (χ0n) is 10.2. The van der Waals surface area contributed by atoms with Gasteiger partial charge in [-0.25, -0.2) is 0 Å². The molecule has 1 saturated heterocycles. The summed E-state index contributed by atoms with van der Waals surface area (Å²) in [6, 6.07) is 0. The molecular weight excluding hydrogens is 204 g/mol. The van der Waals surface area contributed by atoms with E-state index in [9.17, 15) is 4.79 Å². The van der Waals surface area contributed by atoms with Crippen molar-refractivity contribution in [2.75, 3.05) is 26.7 Å². The summed E-state index contributed by atoms with van der Waals surface area (Å²) >= 11 is 0. The van der Waals surface area contributed by atoms with E-state index in [4.69, 9.17) is 4.74 Å². The molecule has 2 unspecified atom stereocenters. The van der Waals surface area contributed by atoms with Crippen molar-refractivity contribution >= 4 is 5.97 Å². The van der Waals surface area contributed by atoms with Gasteiger partial charge in [-0.3, -0.25) is 10.1 Å². The summed E-state index contributed by atoms with van der Waals surface area (Å²) in [5, 5.41) is 6.63. The largest absolute Gasteiger partial charge is 0.468 e. The van der Waals surface area contributed by atoms with E-state index in [1.807, 2.05) is 0 Å². The van der Waals surface area contributed by atoms with Crippen LogP contribution in [0.3, 0.4) is 0 Å². The summed E-state index contributed by atoms with van der Waals surface area (Å²) in [5.74, 6) is 0.122. The second-order valence-electron chi connectivity index (χ2n) is 4.19. The molecule has 16 heavy (non-hydrogen) atoms. The molecule has 0 amide bonds. The van der Waals surface area contributed by atoms with E-state index in [1.54, 1.807) is 6.08 Å². The van der Waals surface area contributed by atoms with Crippen molar-refractivity contribution in [3.63, 3.8) is 0 Å². The number of rotatable bonds is 5. The highest BCUT2D eigenvalue weighted by atomic mass is 16.5. The molecule has 4 heteroatoms. The molecule has 1 aliphatic rings. The van der Waals surface area contributed by atoms with Gasteiger partial charge in [0.25, 0.3) is 0 Å². The van der Waals surface area contributed by atoms with Gasteiger partial charge in [-0.15, -0.1) is 6.58 Å². The first-order chi connectivity index (χ1) is 7.71. The van der Waals surface area contributed by atoms with Gasteiger partial charge in [-0.2, -0.15) is 0 Å². The van der Waals surface area contributed by atoms with Crippen molar-refractivity contribution in [1.29, 1.82) is 0 Å². The van der Waals surface area contributed by atoms with Crippen molar-refractivity contribution in [2.45, 2.75) is 25.3 Å². The number of methoxy groups -OCH3 is 1. The lowest BCUT2D eigenvalue weighted by Gasteiger charge is -2.42. The third-order valence-corrected chi connectivity index (χ3v) is 3.39. The Balaban J connectivity index is 2.88. The molecule has 0 spiro atoms. The van der Waals surface area contributed by atoms with E-state index in [0.717, 1.165) is 25.9 Å². The van der Waals surface area contributed by atoms with Crippen LogP contribution < -0.4 is 10.6 Å². The molecular formula is C12H22N2O2. The number of piperidine rings is 1. The lowest BCUT2D eigenvalue weighted by Crippen LogP contribution is -2.63. The predicted molar refractivity (Wildman–Crippen MR) is 64.2 cm³/mol. The summed E-state index contributed by atoms with van der Waals surface area (Å²) in [6.45, 7) is 8.11. The van der Waals surface area contributed by atoms with Gasteiger partial charge < -0.3 is 10.1 Å². The first-order valence-corrected chi connectivity index (χ1v) is 5.86. The Bertz CT molecular complexity index is 255. The minimum absolute atomic E-state index is 0.150. The quantitative estimate of drug-likeness (QED) is 0.535. The minimum Gasteiger partial charge on any atom is -0.468 e. The van der Waals surface area contributed by atoms with Crippen LogP contribution >= 0.6 is 0 Å². The molecule has 0 bridgehead atoms. The highest BCUT2D eigenvalue weighted by Crippen LogP contribution is 2.28. The topological polar surface area (TPSA) is 50.4 Å². The normalized spacial score (nSPS) is 29.8. The van der Waals surface area contributed by atoms with Crippen molar-refractivity contribution in [3.8, 4) is 0 Å². The molecule has 0 aliphatic carbocycles.